The van der Waals surface area contributed by atoms with E-state index in [0.717, 1.165) is 25.7 Å². The minimum atomic E-state index is -0.110. The van der Waals surface area contributed by atoms with Crippen LogP contribution in [0.25, 0.3) is 0 Å². The van der Waals surface area contributed by atoms with Crippen molar-refractivity contribution in [2.45, 2.75) is 50.7 Å². The fraction of sp³-hybridized carbons (Fsp3) is 0.600. The molecule has 1 saturated carbocycles. The third kappa shape index (κ3) is 3.30. The number of rotatable bonds is 5. The molecule has 0 saturated heterocycles. The van der Waals surface area contributed by atoms with E-state index in [1.54, 1.807) is 7.11 Å². The highest BCUT2D eigenvalue weighted by Crippen LogP contribution is 2.36. The maximum absolute atomic E-state index is 6.21. The van der Waals surface area contributed by atoms with E-state index in [1.165, 1.54) is 11.1 Å². The number of hydrogen-bond donors (Lipinski definition) is 1. The Kier molecular flexibility index (Phi) is 3.28. The van der Waals surface area contributed by atoms with Gasteiger partial charge in [-0.25, -0.2) is 0 Å². The lowest BCUT2D eigenvalue weighted by atomic mass is 9.91. The lowest BCUT2D eigenvalue weighted by Gasteiger charge is -2.25. The minimum absolute atomic E-state index is 0.0767. The summed E-state index contributed by atoms with van der Waals surface area (Å²) in [6.45, 7) is 4.25. The number of ether oxygens (including phenoxy) is 1. The van der Waals surface area contributed by atoms with Gasteiger partial charge >= 0.3 is 0 Å². The second-order valence-electron chi connectivity index (χ2n) is 5.95. The Morgan fingerprint density at radius 1 is 1.24 bits per heavy atom. The van der Waals surface area contributed by atoms with E-state index in [9.17, 15) is 0 Å². The summed E-state index contributed by atoms with van der Waals surface area (Å²) in [6.07, 6.45) is 4.27. The van der Waals surface area contributed by atoms with Crippen molar-refractivity contribution in [1.82, 2.24) is 0 Å². The molecule has 0 amide bonds. The van der Waals surface area contributed by atoms with Crippen LogP contribution in [0.15, 0.2) is 24.3 Å². The van der Waals surface area contributed by atoms with E-state index in [0.29, 0.717) is 0 Å². The largest absolute Gasteiger partial charge is 0.378 e. The first-order valence-corrected chi connectivity index (χ1v) is 6.35. The topological polar surface area (TPSA) is 35.2 Å². The Labute approximate surface area is 104 Å². The van der Waals surface area contributed by atoms with Crippen LogP contribution in [0, 0.1) is 0 Å². The summed E-state index contributed by atoms with van der Waals surface area (Å²) in [5.74, 6) is 0. The van der Waals surface area contributed by atoms with Crippen LogP contribution in [0.4, 0.5) is 0 Å². The van der Waals surface area contributed by atoms with Crippen LogP contribution >= 0.6 is 0 Å². The van der Waals surface area contributed by atoms with Crippen molar-refractivity contribution >= 4 is 0 Å². The van der Waals surface area contributed by atoms with Crippen molar-refractivity contribution in [1.29, 1.82) is 0 Å². The Morgan fingerprint density at radius 2 is 1.82 bits per heavy atom. The Balaban J connectivity index is 2.15. The summed E-state index contributed by atoms with van der Waals surface area (Å²) in [4.78, 5) is 0. The predicted octanol–water partition coefficient (Wildman–Crippen LogP) is 2.69. The molecular formula is C15H23NO. The summed E-state index contributed by atoms with van der Waals surface area (Å²) in [7, 11) is 1.77. The van der Waals surface area contributed by atoms with Gasteiger partial charge in [0.1, 0.15) is 0 Å². The molecule has 94 valence electrons. The number of hydrogen-bond acceptors (Lipinski definition) is 2. The highest BCUT2D eigenvalue weighted by molar-refractivity contribution is 5.31. The van der Waals surface area contributed by atoms with E-state index in [1.807, 2.05) is 0 Å². The van der Waals surface area contributed by atoms with Gasteiger partial charge in [0.05, 0.1) is 5.60 Å². The van der Waals surface area contributed by atoms with Crippen molar-refractivity contribution in [3.63, 3.8) is 0 Å². The normalized spacial score (nSPS) is 18.1. The molecule has 0 radical (unpaired) electrons. The quantitative estimate of drug-likeness (QED) is 0.848. The summed E-state index contributed by atoms with van der Waals surface area (Å²) < 4.78 is 5.51. The van der Waals surface area contributed by atoms with Crippen molar-refractivity contribution in [2.75, 3.05) is 7.11 Å². The molecule has 0 aromatic heterocycles. The van der Waals surface area contributed by atoms with Crippen molar-refractivity contribution in [2.24, 2.45) is 5.73 Å². The summed E-state index contributed by atoms with van der Waals surface area (Å²) in [6, 6.07) is 8.60. The van der Waals surface area contributed by atoms with Crippen LogP contribution < -0.4 is 5.73 Å². The monoisotopic (exact) mass is 233 g/mol. The maximum atomic E-state index is 6.21. The number of nitrogens with two attached hydrogens (primary N) is 1. The molecule has 0 atom stereocenters. The van der Waals surface area contributed by atoms with Gasteiger partial charge in [0.25, 0.3) is 0 Å². The summed E-state index contributed by atoms with van der Waals surface area (Å²) in [5.41, 5.74) is 8.94. The van der Waals surface area contributed by atoms with Gasteiger partial charge in [-0.05, 0) is 44.2 Å². The van der Waals surface area contributed by atoms with Crippen molar-refractivity contribution in [3.8, 4) is 0 Å². The maximum Gasteiger partial charge on any atom is 0.0663 e. The first kappa shape index (κ1) is 12.6. The Bertz CT molecular complexity index is 394. The van der Waals surface area contributed by atoms with Crippen LogP contribution in [0.5, 0.6) is 0 Å². The molecule has 0 bridgehead atoms. The first-order valence-electron chi connectivity index (χ1n) is 6.35. The average molecular weight is 233 g/mol. The van der Waals surface area contributed by atoms with Gasteiger partial charge < -0.3 is 10.5 Å². The summed E-state index contributed by atoms with van der Waals surface area (Å²) in [5, 5.41) is 0. The zero-order valence-corrected chi connectivity index (χ0v) is 11.1. The van der Waals surface area contributed by atoms with Gasteiger partial charge in [-0.3, -0.25) is 0 Å². The lowest BCUT2D eigenvalue weighted by Crippen LogP contribution is -2.28. The standard InChI is InChI=1S/C15H23NO/c1-14(2,17-3)10-12-6-4-5-7-13(12)11-15(16)8-9-15/h4-7H,8-11,16H2,1-3H3. The molecule has 1 aliphatic rings. The third-order valence-electron chi connectivity index (χ3n) is 3.72. The van der Waals surface area contributed by atoms with Gasteiger partial charge in [0.2, 0.25) is 0 Å². The third-order valence-corrected chi connectivity index (χ3v) is 3.72. The molecule has 0 heterocycles. The molecule has 2 nitrogen and oxygen atoms in total. The fourth-order valence-electron chi connectivity index (χ4n) is 2.15. The molecule has 0 unspecified atom stereocenters. The Morgan fingerprint density at radius 3 is 2.35 bits per heavy atom. The van der Waals surface area contributed by atoms with Gasteiger partial charge in [0.15, 0.2) is 0 Å². The Hall–Kier alpha value is -0.860. The van der Waals surface area contributed by atoms with E-state index in [-0.39, 0.29) is 11.1 Å². The zero-order chi connectivity index (χ0) is 12.5. The van der Waals surface area contributed by atoms with Crippen molar-refractivity contribution in [3.05, 3.63) is 35.4 Å². The van der Waals surface area contributed by atoms with Crippen LogP contribution in [-0.4, -0.2) is 18.2 Å². The molecule has 1 aliphatic carbocycles. The molecule has 0 aliphatic heterocycles. The van der Waals surface area contributed by atoms with Crippen molar-refractivity contribution < 1.29 is 4.74 Å². The SMILES string of the molecule is COC(C)(C)Cc1ccccc1CC1(N)CC1. The van der Waals surface area contributed by atoms with Gasteiger partial charge in [-0.1, -0.05) is 24.3 Å². The molecule has 0 spiro atoms. The van der Waals surface area contributed by atoms with E-state index in [4.69, 9.17) is 10.5 Å². The molecule has 1 fully saturated rings. The highest BCUT2D eigenvalue weighted by Gasteiger charge is 2.38. The second kappa shape index (κ2) is 4.43. The predicted molar refractivity (Wildman–Crippen MR) is 71.1 cm³/mol. The van der Waals surface area contributed by atoms with E-state index >= 15 is 0 Å². The highest BCUT2D eigenvalue weighted by atomic mass is 16.5. The minimum Gasteiger partial charge on any atom is -0.378 e. The second-order valence-corrected chi connectivity index (χ2v) is 5.95. The van der Waals surface area contributed by atoms with Crippen LogP contribution in [0.1, 0.15) is 37.8 Å². The molecule has 2 N–H and O–H groups in total. The molecule has 17 heavy (non-hydrogen) atoms. The first-order chi connectivity index (χ1) is 7.94. The molecule has 2 rings (SSSR count). The van der Waals surface area contributed by atoms with Gasteiger partial charge in [-0.15, -0.1) is 0 Å². The van der Waals surface area contributed by atoms with E-state index < -0.39 is 0 Å². The van der Waals surface area contributed by atoms with E-state index in [2.05, 4.69) is 38.1 Å². The average Bonchev–Trinajstić information content (AvgIpc) is 2.99. The molecular weight excluding hydrogens is 210 g/mol. The number of methoxy groups -OCH3 is 1. The molecule has 1 aromatic rings. The van der Waals surface area contributed by atoms with Gasteiger partial charge in [-0.2, -0.15) is 0 Å². The summed E-state index contributed by atoms with van der Waals surface area (Å²) >= 11 is 0. The van der Waals surface area contributed by atoms with Crippen LogP contribution in [-0.2, 0) is 17.6 Å². The number of benzene rings is 1. The fourth-order valence-corrected chi connectivity index (χ4v) is 2.15. The zero-order valence-electron chi connectivity index (χ0n) is 11.1. The lowest BCUT2D eigenvalue weighted by molar-refractivity contribution is 0.0230. The molecule has 1 aromatic carbocycles. The molecule has 2 heteroatoms. The smallest absolute Gasteiger partial charge is 0.0663 e. The van der Waals surface area contributed by atoms with Crippen LogP contribution in [0.2, 0.25) is 0 Å². The van der Waals surface area contributed by atoms with Gasteiger partial charge in [0, 0.05) is 19.1 Å². The van der Waals surface area contributed by atoms with Crippen LogP contribution in [0.3, 0.4) is 0 Å².